The molecule has 0 aliphatic heterocycles. The Labute approximate surface area is 89.4 Å². The third-order valence-electron chi connectivity index (χ3n) is 2.28. The molecule has 0 amide bonds. The lowest BCUT2D eigenvalue weighted by molar-refractivity contribution is 0.378. The predicted molar refractivity (Wildman–Crippen MR) is 58.7 cm³/mol. The maximum Gasteiger partial charge on any atom is 0.268 e. The molecular weight excluding hydrogens is 190 g/mol. The van der Waals surface area contributed by atoms with E-state index in [4.69, 9.17) is 5.26 Å². The zero-order chi connectivity index (χ0) is 11.4. The van der Waals surface area contributed by atoms with Gasteiger partial charge in [-0.05, 0) is 33.2 Å². The van der Waals surface area contributed by atoms with Crippen LogP contribution in [-0.2, 0) is 6.54 Å². The number of hydrogen-bond acceptors (Lipinski definition) is 3. The van der Waals surface area contributed by atoms with E-state index >= 15 is 0 Å². The van der Waals surface area contributed by atoms with E-state index in [0.717, 1.165) is 12.2 Å². The molecule has 4 heteroatoms. The van der Waals surface area contributed by atoms with Crippen molar-refractivity contribution in [3.8, 4) is 6.07 Å². The van der Waals surface area contributed by atoms with E-state index in [1.54, 1.807) is 16.7 Å². The average molecular weight is 205 g/mol. The summed E-state index contributed by atoms with van der Waals surface area (Å²) >= 11 is 0. The minimum absolute atomic E-state index is 0.195. The normalized spacial score (nSPS) is 10.3. The van der Waals surface area contributed by atoms with Gasteiger partial charge in [0.05, 0.1) is 0 Å². The monoisotopic (exact) mass is 205 g/mol. The van der Waals surface area contributed by atoms with Crippen LogP contribution in [0.3, 0.4) is 0 Å². The van der Waals surface area contributed by atoms with Gasteiger partial charge in [-0.2, -0.15) is 5.26 Å². The number of aryl methyl sites for hydroxylation is 1. The summed E-state index contributed by atoms with van der Waals surface area (Å²) in [5.41, 5.74) is 0.902. The number of aromatic nitrogens is 1. The van der Waals surface area contributed by atoms with E-state index in [1.165, 1.54) is 0 Å². The van der Waals surface area contributed by atoms with E-state index < -0.39 is 0 Å². The van der Waals surface area contributed by atoms with Crippen molar-refractivity contribution in [2.45, 2.75) is 13.5 Å². The van der Waals surface area contributed by atoms with Crippen LogP contribution >= 0.6 is 0 Å². The number of nitrogens with zero attached hydrogens (tertiary/aromatic N) is 3. The molecule has 80 valence electrons. The maximum atomic E-state index is 11.8. The summed E-state index contributed by atoms with van der Waals surface area (Å²) in [5.74, 6) is 0. The summed E-state index contributed by atoms with van der Waals surface area (Å²) in [4.78, 5) is 13.8. The second kappa shape index (κ2) is 4.76. The van der Waals surface area contributed by atoms with Crippen molar-refractivity contribution in [1.82, 2.24) is 9.47 Å². The third-order valence-corrected chi connectivity index (χ3v) is 2.28. The zero-order valence-electron chi connectivity index (χ0n) is 9.32. The molecule has 0 aliphatic rings. The third kappa shape index (κ3) is 2.67. The Morgan fingerprint density at radius 3 is 2.67 bits per heavy atom. The first kappa shape index (κ1) is 11.5. The van der Waals surface area contributed by atoms with Gasteiger partial charge >= 0.3 is 0 Å². The molecule has 0 saturated carbocycles. The summed E-state index contributed by atoms with van der Waals surface area (Å²) in [6, 6.07) is 5.28. The van der Waals surface area contributed by atoms with Gasteiger partial charge in [0, 0.05) is 18.8 Å². The van der Waals surface area contributed by atoms with Gasteiger partial charge in [-0.15, -0.1) is 0 Å². The van der Waals surface area contributed by atoms with Gasteiger partial charge in [0.25, 0.3) is 5.56 Å². The molecule has 4 nitrogen and oxygen atoms in total. The lowest BCUT2D eigenvalue weighted by Gasteiger charge is -2.13. The SMILES string of the molecule is Cc1ccc(C#N)c(=O)n1CCN(C)C. The van der Waals surface area contributed by atoms with Crippen LogP contribution in [0.5, 0.6) is 0 Å². The smallest absolute Gasteiger partial charge is 0.268 e. The lowest BCUT2D eigenvalue weighted by atomic mass is 10.2. The molecule has 1 heterocycles. The van der Waals surface area contributed by atoms with Gasteiger partial charge in [-0.3, -0.25) is 4.79 Å². The number of likely N-dealkylation sites (N-methyl/N-ethyl adjacent to an activating group) is 1. The largest absolute Gasteiger partial charge is 0.311 e. The Kier molecular flexibility index (Phi) is 3.64. The highest BCUT2D eigenvalue weighted by Crippen LogP contribution is 1.97. The molecule has 15 heavy (non-hydrogen) atoms. The summed E-state index contributed by atoms with van der Waals surface area (Å²) < 4.78 is 1.64. The van der Waals surface area contributed by atoms with Crippen LogP contribution in [0.1, 0.15) is 11.3 Å². The molecule has 0 aliphatic carbocycles. The number of nitriles is 1. The van der Waals surface area contributed by atoms with Gasteiger partial charge in [0.1, 0.15) is 11.6 Å². The zero-order valence-corrected chi connectivity index (χ0v) is 9.32. The Morgan fingerprint density at radius 2 is 2.13 bits per heavy atom. The Balaban J connectivity index is 3.06. The van der Waals surface area contributed by atoms with Crippen molar-refractivity contribution in [2.24, 2.45) is 0 Å². The molecule has 0 aromatic carbocycles. The van der Waals surface area contributed by atoms with Crippen molar-refractivity contribution in [3.05, 3.63) is 33.7 Å². The predicted octanol–water partition coefficient (Wildman–Crippen LogP) is 0.590. The first-order valence-electron chi connectivity index (χ1n) is 4.81. The highest BCUT2D eigenvalue weighted by molar-refractivity contribution is 5.27. The summed E-state index contributed by atoms with van der Waals surface area (Å²) in [6.45, 7) is 3.28. The lowest BCUT2D eigenvalue weighted by Crippen LogP contribution is -2.29. The minimum Gasteiger partial charge on any atom is -0.311 e. The minimum atomic E-state index is -0.195. The van der Waals surface area contributed by atoms with Crippen LogP contribution in [0.4, 0.5) is 0 Å². The molecular formula is C11H15N3O. The van der Waals surface area contributed by atoms with Crippen LogP contribution in [-0.4, -0.2) is 30.1 Å². The van der Waals surface area contributed by atoms with Crippen molar-refractivity contribution in [1.29, 1.82) is 5.26 Å². The highest BCUT2D eigenvalue weighted by Gasteiger charge is 2.05. The second-order valence-electron chi connectivity index (χ2n) is 3.76. The molecule has 1 aromatic heterocycles. The van der Waals surface area contributed by atoms with Crippen molar-refractivity contribution in [2.75, 3.05) is 20.6 Å². The molecule has 0 N–H and O–H groups in total. The molecule has 0 atom stereocenters. The van der Waals surface area contributed by atoms with Crippen molar-refractivity contribution >= 4 is 0 Å². The fourth-order valence-electron chi connectivity index (χ4n) is 1.33. The van der Waals surface area contributed by atoms with Crippen LogP contribution in [0, 0.1) is 18.3 Å². The van der Waals surface area contributed by atoms with Gasteiger partial charge < -0.3 is 9.47 Å². The van der Waals surface area contributed by atoms with E-state index in [2.05, 4.69) is 0 Å². The van der Waals surface area contributed by atoms with E-state index in [9.17, 15) is 4.79 Å². The van der Waals surface area contributed by atoms with Gasteiger partial charge in [-0.25, -0.2) is 0 Å². The molecule has 0 saturated heterocycles. The van der Waals surface area contributed by atoms with Crippen molar-refractivity contribution < 1.29 is 0 Å². The second-order valence-corrected chi connectivity index (χ2v) is 3.76. The van der Waals surface area contributed by atoms with Crippen LogP contribution in [0.15, 0.2) is 16.9 Å². The summed E-state index contributed by atoms with van der Waals surface area (Å²) in [5, 5.41) is 8.74. The van der Waals surface area contributed by atoms with Crippen molar-refractivity contribution in [3.63, 3.8) is 0 Å². The van der Waals surface area contributed by atoms with Crippen LogP contribution < -0.4 is 5.56 Å². The molecule has 0 fully saturated rings. The Hall–Kier alpha value is -1.60. The van der Waals surface area contributed by atoms with E-state index in [-0.39, 0.29) is 11.1 Å². The molecule has 0 radical (unpaired) electrons. The van der Waals surface area contributed by atoms with Crippen LogP contribution in [0.2, 0.25) is 0 Å². The standard InChI is InChI=1S/C11H15N3O/c1-9-4-5-10(8-12)11(15)14(9)7-6-13(2)3/h4-5H,6-7H2,1-3H3. The first-order chi connectivity index (χ1) is 7.06. The van der Waals surface area contributed by atoms with Gasteiger partial charge in [-0.1, -0.05) is 0 Å². The number of rotatable bonds is 3. The van der Waals surface area contributed by atoms with Gasteiger partial charge in [0.2, 0.25) is 0 Å². The fourth-order valence-corrected chi connectivity index (χ4v) is 1.33. The Morgan fingerprint density at radius 1 is 1.47 bits per heavy atom. The van der Waals surface area contributed by atoms with Gasteiger partial charge in [0.15, 0.2) is 0 Å². The Bertz CT molecular complexity index is 440. The highest BCUT2D eigenvalue weighted by atomic mass is 16.1. The average Bonchev–Trinajstić information content (AvgIpc) is 2.17. The quantitative estimate of drug-likeness (QED) is 0.725. The topological polar surface area (TPSA) is 49.0 Å². The first-order valence-corrected chi connectivity index (χ1v) is 4.81. The molecule has 0 bridgehead atoms. The number of hydrogen-bond donors (Lipinski definition) is 0. The fraction of sp³-hybridized carbons (Fsp3) is 0.455. The van der Waals surface area contributed by atoms with Crippen LogP contribution in [0.25, 0.3) is 0 Å². The van der Waals surface area contributed by atoms with E-state index in [0.29, 0.717) is 6.54 Å². The summed E-state index contributed by atoms with van der Waals surface area (Å²) in [6.07, 6.45) is 0. The molecule has 0 unspecified atom stereocenters. The molecule has 1 aromatic rings. The molecule has 0 spiro atoms. The van der Waals surface area contributed by atoms with E-state index in [1.807, 2.05) is 32.0 Å². The maximum absolute atomic E-state index is 11.8. The summed E-state index contributed by atoms with van der Waals surface area (Å²) in [7, 11) is 3.91. The number of pyridine rings is 1. The molecule has 1 rings (SSSR count).